The third-order valence-electron chi connectivity index (χ3n) is 1.66. The first kappa shape index (κ1) is 16.9. The molecule has 0 aromatic heterocycles. The van der Waals surface area contributed by atoms with Crippen molar-refractivity contribution < 1.29 is 23.3 Å². The molecule has 0 saturated carbocycles. The fourth-order valence-corrected chi connectivity index (χ4v) is 1.78. The van der Waals surface area contributed by atoms with Crippen molar-refractivity contribution in [1.82, 2.24) is 5.32 Å². The highest BCUT2D eigenvalue weighted by atomic mass is 32.2. The second-order valence-corrected chi connectivity index (χ2v) is 6.17. The Balaban J connectivity index is 4.54. The molecule has 0 spiro atoms. The van der Waals surface area contributed by atoms with E-state index < -0.39 is 34.5 Å². The zero-order valence-corrected chi connectivity index (χ0v) is 12.3. The number of hydrogen-bond acceptors (Lipinski definition) is 5. The summed E-state index contributed by atoms with van der Waals surface area (Å²) < 4.78 is 21.0. The summed E-state index contributed by atoms with van der Waals surface area (Å²) in [5, 5.41) is 2.36. The number of esters is 1. The molecule has 0 bridgehead atoms. The molecule has 1 amide bonds. The summed E-state index contributed by atoms with van der Waals surface area (Å²) in [7, 11) is -1.23. The second kappa shape index (κ2) is 7.35. The second-order valence-electron chi connectivity index (χ2n) is 4.69. The standard InChI is InChI=1S/C11H21NO5S/c1-6-16-9(13)8(7-18(5)15)12-10(14)17-11(2,3)4/h8H,6-7H2,1-5H3,(H,12,14)/t8-,18+/m0/s1. The smallest absolute Gasteiger partial charge is 0.408 e. The molecular formula is C11H21NO5S. The molecule has 18 heavy (non-hydrogen) atoms. The highest BCUT2D eigenvalue weighted by Crippen LogP contribution is 2.07. The summed E-state index contributed by atoms with van der Waals surface area (Å²) in [6, 6.07) is -0.953. The third-order valence-corrected chi connectivity index (χ3v) is 2.47. The van der Waals surface area contributed by atoms with Gasteiger partial charge in [-0.3, -0.25) is 4.21 Å². The molecule has 0 aromatic carbocycles. The summed E-state index contributed by atoms with van der Waals surface area (Å²) in [5.74, 6) is -0.614. The fourth-order valence-electron chi connectivity index (χ4n) is 1.10. The van der Waals surface area contributed by atoms with Crippen molar-refractivity contribution in [3.8, 4) is 0 Å². The number of rotatable bonds is 5. The van der Waals surface area contributed by atoms with Crippen LogP contribution in [0.25, 0.3) is 0 Å². The molecule has 0 aliphatic heterocycles. The molecule has 0 aliphatic carbocycles. The number of carbonyl (C=O) groups is 2. The quantitative estimate of drug-likeness (QED) is 0.753. The van der Waals surface area contributed by atoms with Gasteiger partial charge in [-0.15, -0.1) is 0 Å². The fraction of sp³-hybridized carbons (Fsp3) is 0.818. The van der Waals surface area contributed by atoms with Crippen molar-refractivity contribution in [2.45, 2.75) is 39.3 Å². The van der Waals surface area contributed by atoms with E-state index >= 15 is 0 Å². The van der Waals surface area contributed by atoms with Gasteiger partial charge in [0, 0.05) is 17.1 Å². The first-order valence-corrected chi connectivity index (χ1v) is 7.34. The van der Waals surface area contributed by atoms with Crippen molar-refractivity contribution in [3.05, 3.63) is 0 Å². The molecule has 1 N–H and O–H groups in total. The van der Waals surface area contributed by atoms with Gasteiger partial charge in [0.2, 0.25) is 0 Å². The van der Waals surface area contributed by atoms with Crippen LogP contribution < -0.4 is 5.32 Å². The minimum Gasteiger partial charge on any atom is -0.464 e. The Labute approximate surface area is 110 Å². The maximum absolute atomic E-state index is 11.6. The number of hydrogen-bond donors (Lipinski definition) is 1. The van der Waals surface area contributed by atoms with E-state index in [0.29, 0.717) is 0 Å². The number of ether oxygens (including phenoxy) is 2. The van der Waals surface area contributed by atoms with Gasteiger partial charge in [0.15, 0.2) is 0 Å². The lowest BCUT2D eigenvalue weighted by Gasteiger charge is -2.22. The molecule has 0 heterocycles. The Morgan fingerprint density at radius 1 is 1.33 bits per heavy atom. The van der Waals surface area contributed by atoms with Gasteiger partial charge in [0.25, 0.3) is 0 Å². The summed E-state index contributed by atoms with van der Waals surface area (Å²) >= 11 is 0. The summed E-state index contributed by atoms with van der Waals surface area (Å²) in [6.07, 6.45) is 0.717. The molecule has 0 fully saturated rings. The van der Waals surface area contributed by atoms with Gasteiger partial charge in [0.1, 0.15) is 11.6 Å². The van der Waals surface area contributed by atoms with Crippen LogP contribution in [0, 0.1) is 0 Å². The molecule has 0 unspecified atom stereocenters. The summed E-state index contributed by atoms with van der Waals surface area (Å²) in [5.41, 5.74) is -0.658. The van der Waals surface area contributed by atoms with Crippen molar-refractivity contribution in [3.63, 3.8) is 0 Å². The van der Waals surface area contributed by atoms with Crippen LogP contribution in [0.4, 0.5) is 4.79 Å². The largest absolute Gasteiger partial charge is 0.464 e. The molecule has 2 atom stereocenters. The minimum atomic E-state index is -1.23. The van der Waals surface area contributed by atoms with Crippen LogP contribution in [0.1, 0.15) is 27.7 Å². The number of carbonyl (C=O) groups excluding carboxylic acids is 2. The van der Waals surface area contributed by atoms with Gasteiger partial charge in [0.05, 0.1) is 12.4 Å². The van der Waals surface area contributed by atoms with Gasteiger partial charge in [-0.2, -0.15) is 0 Å². The maximum atomic E-state index is 11.6. The third kappa shape index (κ3) is 8.05. The topological polar surface area (TPSA) is 81.7 Å². The van der Waals surface area contributed by atoms with Crippen molar-refractivity contribution in [2.24, 2.45) is 0 Å². The molecule has 0 radical (unpaired) electrons. The van der Waals surface area contributed by atoms with Gasteiger partial charge in [-0.1, -0.05) is 0 Å². The van der Waals surface area contributed by atoms with Crippen molar-refractivity contribution in [2.75, 3.05) is 18.6 Å². The average Bonchev–Trinajstić information content (AvgIpc) is 2.13. The highest BCUT2D eigenvalue weighted by molar-refractivity contribution is 7.84. The SMILES string of the molecule is CCOC(=O)[C@H](C[S@@](C)=O)NC(=O)OC(C)(C)C. The Hall–Kier alpha value is -1.11. The number of amides is 1. The lowest BCUT2D eigenvalue weighted by atomic mass is 10.2. The zero-order valence-electron chi connectivity index (χ0n) is 11.4. The van der Waals surface area contributed by atoms with Gasteiger partial charge in [-0.25, -0.2) is 9.59 Å². The van der Waals surface area contributed by atoms with Gasteiger partial charge in [-0.05, 0) is 27.7 Å². The predicted octanol–water partition coefficient (Wildman–Crippen LogP) is 0.821. The van der Waals surface area contributed by atoms with E-state index in [2.05, 4.69) is 5.32 Å². The zero-order chi connectivity index (χ0) is 14.3. The van der Waals surface area contributed by atoms with Crippen LogP contribution in [0.3, 0.4) is 0 Å². The summed E-state index contributed by atoms with van der Waals surface area (Å²) in [6.45, 7) is 6.99. The monoisotopic (exact) mass is 279 g/mol. The number of nitrogens with one attached hydrogen (secondary N) is 1. The highest BCUT2D eigenvalue weighted by Gasteiger charge is 2.26. The van der Waals surface area contributed by atoms with E-state index in [0.717, 1.165) is 0 Å². The van der Waals surface area contributed by atoms with Gasteiger partial charge >= 0.3 is 12.1 Å². The van der Waals surface area contributed by atoms with Crippen LogP contribution in [0.15, 0.2) is 0 Å². The van der Waals surface area contributed by atoms with Crippen molar-refractivity contribution in [1.29, 1.82) is 0 Å². The summed E-state index contributed by atoms with van der Waals surface area (Å²) in [4.78, 5) is 23.1. The Bertz CT molecular complexity index is 324. The van der Waals surface area contributed by atoms with E-state index in [1.807, 2.05) is 0 Å². The van der Waals surface area contributed by atoms with Crippen LogP contribution in [0.2, 0.25) is 0 Å². The first-order valence-electron chi connectivity index (χ1n) is 5.62. The number of alkyl carbamates (subject to hydrolysis) is 1. The van der Waals surface area contributed by atoms with Crippen LogP contribution in [-0.4, -0.2) is 46.5 Å². The average molecular weight is 279 g/mol. The van der Waals surface area contributed by atoms with Crippen LogP contribution >= 0.6 is 0 Å². The maximum Gasteiger partial charge on any atom is 0.408 e. The lowest BCUT2D eigenvalue weighted by molar-refractivity contribution is -0.145. The minimum absolute atomic E-state index is 0.00191. The van der Waals surface area contributed by atoms with Crippen LogP contribution in [-0.2, 0) is 25.1 Å². The molecular weight excluding hydrogens is 258 g/mol. The molecule has 7 heteroatoms. The van der Waals surface area contributed by atoms with Crippen LogP contribution in [0.5, 0.6) is 0 Å². The van der Waals surface area contributed by atoms with Crippen molar-refractivity contribution >= 4 is 22.9 Å². The van der Waals surface area contributed by atoms with E-state index in [4.69, 9.17) is 9.47 Å². The molecule has 0 aromatic rings. The Kier molecular flexibility index (Phi) is 6.90. The molecule has 6 nitrogen and oxygen atoms in total. The molecule has 106 valence electrons. The normalized spacial score (nSPS) is 14.5. The predicted molar refractivity (Wildman–Crippen MR) is 68.7 cm³/mol. The first-order chi connectivity index (χ1) is 8.15. The molecule has 0 rings (SSSR count). The van der Waals surface area contributed by atoms with E-state index in [9.17, 15) is 13.8 Å². The molecule has 0 saturated heterocycles. The van der Waals surface area contributed by atoms with Gasteiger partial charge < -0.3 is 14.8 Å². The van der Waals surface area contributed by atoms with E-state index in [1.165, 1.54) is 6.26 Å². The Morgan fingerprint density at radius 2 is 1.89 bits per heavy atom. The Morgan fingerprint density at radius 3 is 2.28 bits per heavy atom. The lowest BCUT2D eigenvalue weighted by Crippen LogP contribution is -2.47. The van der Waals surface area contributed by atoms with E-state index in [1.54, 1.807) is 27.7 Å². The molecule has 0 aliphatic rings. The van der Waals surface area contributed by atoms with E-state index in [-0.39, 0.29) is 12.4 Å².